The zero-order valence-corrected chi connectivity index (χ0v) is 34.2. The molecular weight excluding hydrogens is 796 g/mol. The third-order valence-electron chi connectivity index (χ3n) is 8.06. The smallest absolute Gasteiger partial charge is 0.214 e. The van der Waals surface area contributed by atoms with E-state index < -0.39 is 15.8 Å². The Morgan fingerprint density at radius 2 is 0.648 bits per heavy atom. The van der Waals surface area contributed by atoms with Gasteiger partial charge in [0.1, 0.15) is 0 Å². The first-order chi connectivity index (χ1) is 26.4. The van der Waals surface area contributed by atoms with Gasteiger partial charge in [-0.2, -0.15) is 18.2 Å². The minimum atomic E-state index is -0.446. The van der Waals surface area contributed by atoms with E-state index in [1.165, 1.54) is 42.3 Å². The van der Waals surface area contributed by atoms with E-state index in [1.807, 2.05) is 42.5 Å². The van der Waals surface area contributed by atoms with E-state index in [0.29, 0.717) is 0 Å². The fourth-order valence-electron chi connectivity index (χ4n) is 5.61. The summed E-state index contributed by atoms with van der Waals surface area (Å²) in [5.41, 5.74) is 1.30. The summed E-state index contributed by atoms with van der Waals surface area (Å²) in [5, 5.41) is 8.39. The summed E-state index contributed by atoms with van der Waals surface area (Å²) in [6.45, 7) is 0. The summed E-state index contributed by atoms with van der Waals surface area (Å²) < 4.78 is 0. The Balaban J connectivity index is 0.000000150. The number of thioether (sulfide) groups is 1. The second-order valence-electron chi connectivity index (χ2n) is 11.7. The monoisotopic (exact) mass is 837 g/mol. The van der Waals surface area contributed by atoms with E-state index >= 15 is 0 Å². The van der Waals surface area contributed by atoms with Gasteiger partial charge in [0.2, 0.25) is 0 Å². The third kappa shape index (κ3) is 12.5. The Kier molecular flexibility index (Phi) is 17.5. The number of rotatable bonds is 6. The molecule has 0 saturated heterocycles. The predicted molar refractivity (Wildman–Crippen MR) is 237 cm³/mol. The Morgan fingerprint density at radius 3 is 0.926 bits per heavy atom. The van der Waals surface area contributed by atoms with Crippen molar-refractivity contribution in [3.05, 3.63) is 254 Å². The molecule has 2 radical (unpaired) electrons. The molecule has 1 heterocycles. The van der Waals surface area contributed by atoms with Crippen molar-refractivity contribution in [3.8, 4) is 0 Å². The van der Waals surface area contributed by atoms with Gasteiger partial charge in [-0.3, -0.25) is 0 Å². The first-order valence-corrected chi connectivity index (χ1v) is 21.1. The Hall–Kier alpha value is -4.54. The molecule has 8 aromatic rings. The molecule has 0 amide bonds. The van der Waals surface area contributed by atoms with E-state index in [2.05, 4.69) is 212 Å². The van der Waals surface area contributed by atoms with Crippen LogP contribution in [0.2, 0.25) is 0 Å². The molecule has 1 aliphatic heterocycles. The Bertz CT molecular complexity index is 1840. The Labute approximate surface area is 341 Å². The van der Waals surface area contributed by atoms with Gasteiger partial charge in [0.25, 0.3) is 0 Å². The second kappa shape index (κ2) is 23.3. The summed E-state index contributed by atoms with van der Waals surface area (Å²) in [4.78, 5) is 1.30. The molecular formula is C50H41P2RuS+. The fourth-order valence-corrected chi connectivity index (χ4v) is 10.9. The van der Waals surface area contributed by atoms with Crippen LogP contribution in [0.15, 0.2) is 248 Å². The van der Waals surface area contributed by atoms with Crippen LogP contribution in [0.25, 0.3) is 6.08 Å². The van der Waals surface area contributed by atoms with E-state index in [1.54, 1.807) is 11.8 Å². The van der Waals surface area contributed by atoms with Crippen molar-refractivity contribution in [2.24, 2.45) is 0 Å². The molecule has 0 bridgehead atoms. The second-order valence-corrected chi connectivity index (χ2v) is 17.1. The first-order valence-electron chi connectivity index (χ1n) is 17.6. The average Bonchev–Trinajstić information content (AvgIpc) is 3.85. The standard InChI is InChI=1S/2C18H15P.C9H6S.C5H5.Ru/c2*1-4-10-16(11-5-1)19(17-12-6-2-7-13-17)18-14-8-3-9-15-18;1-2-6-9-8(4-1)5-3-7-10-9;1-2-4-5-3-1;/h2*1-15H;1-6H;1-5H;/q;;;-1;+2. The van der Waals surface area contributed by atoms with Crippen molar-refractivity contribution in [2.75, 3.05) is 0 Å². The summed E-state index contributed by atoms with van der Waals surface area (Å²) in [6, 6.07) is 83.0. The van der Waals surface area contributed by atoms with E-state index in [0.717, 1.165) is 0 Å². The number of benzene rings is 7. The minimum absolute atomic E-state index is 0. The summed E-state index contributed by atoms with van der Waals surface area (Å²) in [7, 11) is -0.892. The zero-order valence-electron chi connectivity index (χ0n) is 29.8. The van der Waals surface area contributed by atoms with Crippen LogP contribution in [-0.4, -0.2) is 0 Å². The number of hydrogen-bond donors (Lipinski definition) is 0. The summed E-state index contributed by atoms with van der Waals surface area (Å²) >= 11 is 1.65. The minimum Gasteiger partial charge on any atom is -0.214 e. The summed E-state index contributed by atoms with van der Waals surface area (Å²) in [5.74, 6) is 3.08. The van der Waals surface area contributed by atoms with Gasteiger partial charge in [-0.25, -0.2) is 12.1 Å². The number of hydrogen-bond acceptors (Lipinski definition) is 1. The number of fused-ring (bicyclic) bond motifs is 1. The first kappa shape index (κ1) is 40.6. The summed E-state index contributed by atoms with van der Waals surface area (Å²) in [6.07, 6.45) is 4.03. The van der Waals surface area contributed by atoms with Gasteiger partial charge >= 0.3 is 19.5 Å². The third-order valence-corrected chi connectivity index (χ3v) is 13.8. The average molecular weight is 837 g/mol. The van der Waals surface area contributed by atoms with Gasteiger partial charge in [0.05, 0.1) is 5.75 Å². The van der Waals surface area contributed by atoms with Crippen LogP contribution >= 0.6 is 27.6 Å². The molecule has 0 nitrogen and oxygen atoms in total. The molecule has 4 heteroatoms. The molecule has 8 aromatic carbocycles. The van der Waals surface area contributed by atoms with Crippen LogP contribution in [0.4, 0.5) is 0 Å². The molecule has 0 unspecified atom stereocenters. The quantitative estimate of drug-likeness (QED) is 0.0913. The Morgan fingerprint density at radius 1 is 0.352 bits per heavy atom. The van der Waals surface area contributed by atoms with Crippen LogP contribution in [0.1, 0.15) is 5.56 Å². The van der Waals surface area contributed by atoms with Crippen molar-refractivity contribution in [1.29, 1.82) is 0 Å². The van der Waals surface area contributed by atoms with Crippen molar-refractivity contribution in [3.63, 3.8) is 0 Å². The topological polar surface area (TPSA) is 0 Å². The largest absolute Gasteiger partial charge is 2.00 e. The van der Waals surface area contributed by atoms with Crippen molar-refractivity contribution in [2.45, 2.75) is 4.90 Å². The molecule has 0 spiro atoms. The molecule has 9 rings (SSSR count). The maximum Gasteiger partial charge on any atom is 2.00 e. The van der Waals surface area contributed by atoms with Crippen molar-refractivity contribution >= 4 is 65.5 Å². The predicted octanol–water partition coefficient (Wildman–Crippen LogP) is 11.1. The van der Waals surface area contributed by atoms with Crippen LogP contribution in [0.3, 0.4) is 0 Å². The molecule has 264 valence electrons. The van der Waals surface area contributed by atoms with Gasteiger partial charge < -0.3 is 0 Å². The zero-order chi connectivity index (χ0) is 36.2. The van der Waals surface area contributed by atoms with Gasteiger partial charge in [-0.1, -0.05) is 212 Å². The van der Waals surface area contributed by atoms with Crippen molar-refractivity contribution in [1.82, 2.24) is 0 Å². The van der Waals surface area contributed by atoms with E-state index in [9.17, 15) is 0 Å². The van der Waals surface area contributed by atoms with Gasteiger partial charge in [-0.15, -0.1) is 11.8 Å². The molecule has 0 aliphatic carbocycles. The van der Waals surface area contributed by atoms with Gasteiger partial charge in [0.15, 0.2) is 0 Å². The fraction of sp³-hybridized carbons (Fsp3) is 0. The van der Waals surface area contributed by atoms with Crippen molar-refractivity contribution < 1.29 is 19.5 Å². The van der Waals surface area contributed by atoms with Crippen LogP contribution < -0.4 is 31.8 Å². The van der Waals surface area contributed by atoms with Gasteiger partial charge in [-0.05, 0) is 59.3 Å². The SMILES string of the molecule is [C]1C=Cc2ccccc2S1.[Ru+2].c1cc[cH-]c1.c1ccc(P(c2ccccc2)c2ccccc2)cc1.c1ccc(P(c2ccccc2)c2ccccc2)cc1. The van der Waals surface area contributed by atoms with E-state index in [-0.39, 0.29) is 19.5 Å². The normalized spacial score (nSPS) is 10.9. The maximum atomic E-state index is 3.08. The molecule has 0 N–H and O–H groups in total. The molecule has 0 aromatic heterocycles. The van der Waals surface area contributed by atoms with Crippen LogP contribution in [-0.2, 0) is 19.5 Å². The molecule has 54 heavy (non-hydrogen) atoms. The molecule has 1 aliphatic rings. The maximum absolute atomic E-state index is 3.08. The van der Waals surface area contributed by atoms with E-state index in [4.69, 9.17) is 0 Å². The molecule has 0 saturated carbocycles. The molecule has 0 fully saturated rings. The molecule has 0 atom stereocenters. The van der Waals surface area contributed by atoms with Crippen LogP contribution in [0, 0.1) is 5.75 Å². The van der Waals surface area contributed by atoms with Gasteiger partial charge in [0, 0.05) is 4.90 Å². The van der Waals surface area contributed by atoms with Crippen LogP contribution in [0.5, 0.6) is 0 Å².